The fraction of sp³-hybridized carbons (Fsp3) is 0.214. The molecule has 110 valence electrons. The van der Waals surface area contributed by atoms with Crippen LogP contribution in [0.25, 0.3) is 0 Å². The van der Waals surface area contributed by atoms with Crippen LogP contribution in [0.3, 0.4) is 0 Å². The summed E-state index contributed by atoms with van der Waals surface area (Å²) in [5.74, 6) is 0.731. The summed E-state index contributed by atoms with van der Waals surface area (Å²) in [4.78, 5) is 14.5. The number of pyridine rings is 1. The van der Waals surface area contributed by atoms with Crippen LogP contribution < -0.4 is 10.1 Å². The van der Waals surface area contributed by atoms with Crippen molar-refractivity contribution in [3.05, 3.63) is 56.7 Å². The molecule has 0 aliphatic heterocycles. The van der Waals surface area contributed by atoms with E-state index < -0.39 is 4.92 Å². The number of rotatable bonds is 5. The number of nitro benzene ring substituents is 1. The van der Waals surface area contributed by atoms with Gasteiger partial charge in [0.05, 0.1) is 15.5 Å². The fourth-order valence-electron chi connectivity index (χ4n) is 1.67. The molecule has 0 amide bonds. The molecule has 1 heterocycles. The Bertz CT molecular complexity index is 646. The second-order valence-corrected chi connectivity index (χ2v) is 5.27. The molecular weight excluding hydrogens is 338 g/mol. The Labute approximate surface area is 130 Å². The summed E-state index contributed by atoms with van der Waals surface area (Å²) in [6.07, 6.45) is 1.71. The van der Waals surface area contributed by atoms with Crippen molar-refractivity contribution in [3.63, 3.8) is 0 Å². The maximum Gasteiger partial charge on any atom is 0.273 e. The summed E-state index contributed by atoms with van der Waals surface area (Å²) in [7, 11) is 1.87. The highest BCUT2D eigenvalue weighted by Gasteiger charge is 2.12. The third-order valence-corrected chi connectivity index (χ3v) is 3.69. The minimum Gasteiger partial charge on any atom is -0.438 e. The summed E-state index contributed by atoms with van der Waals surface area (Å²) >= 11 is 3.30. The first-order valence-corrected chi connectivity index (χ1v) is 7.05. The monoisotopic (exact) mass is 351 g/mol. The number of nitrogens with one attached hydrogen (secondary N) is 1. The van der Waals surface area contributed by atoms with Crippen molar-refractivity contribution in [3.8, 4) is 11.6 Å². The number of benzene rings is 1. The number of nitrogens with zero attached hydrogens (tertiary/aromatic N) is 2. The number of aromatic nitrogens is 1. The minimum absolute atomic E-state index is 0.0337. The van der Waals surface area contributed by atoms with Gasteiger partial charge in [0.2, 0.25) is 5.88 Å². The standard InChI is InChI=1S/C14H14BrN3O3/c1-9(16-2)10-3-6-14(17-8-10)21-13-7-11(18(19)20)4-5-12(13)15/h3-9,16H,1-2H3. The summed E-state index contributed by atoms with van der Waals surface area (Å²) in [6.45, 7) is 2.02. The quantitative estimate of drug-likeness (QED) is 0.654. The van der Waals surface area contributed by atoms with E-state index in [1.807, 2.05) is 20.0 Å². The van der Waals surface area contributed by atoms with E-state index in [-0.39, 0.29) is 11.7 Å². The highest BCUT2D eigenvalue weighted by atomic mass is 79.9. The normalized spacial score (nSPS) is 12.0. The van der Waals surface area contributed by atoms with Crippen LogP contribution in [0.5, 0.6) is 11.6 Å². The van der Waals surface area contributed by atoms with E-state index in [1.54, 1.807) is 18.3 Å². The first-order chi connectivity index (χ1) is 10.0. The van der Waals surface area contributed by atoms with Crippen molar-refractivity contribution in [2.45, 2.75) is 13.0 Å². The maximum absolute atomic E-state index is 10.8. The van der Waals surface area contributed by atoms with Gasteiger partial charge in [-0.25, -0.2) is 4.98 Å². The molecule has 2 aromatic rings. The first kappa shape index (κ1) is 15.4. The van der Waals surface area contributed by atoms with E-state index in [0.29, 0.717) is 16.1 Å². The Hall–Kier alpha value is -1.99. The molecule has 2 rings (SSSR count). The maximum atomic E-state index is 10.8. The minimum atomic E-state index is -0.468. The van der Waals surface area contributed by atoms with Gasteiger partial charge in [-0.2, -0.15) is 0 Å². The summed E-state index contributed by atoms with van der Waals surface area (Å²) < 4.78 is 6.21. The van der Waals surface area contributed by atoms with E-state index in [0.717, 1.165) is 5.56 Å². The molecule has 1 unspecified atom stereocenters. The van der Waals surface area contributed by atoms with Crippen molar-refractivity contribution in [2.75, 3.05) is 7.05 Å². The molecule has 21 heavy (non-hydrogen) atoms. The second-order valence-electron chi connectivity index (χ2n) is 4.41. The molecule has 0 saturated carbocycles. The van der Waals surface area contributed by atoms with Gasteiger partial charge in [-0.15, -0.1) is 0 Å². The molecule has 1 aromatic heterocycles. The van der Waals surface area contributed by atoms with E-state index in [2.05, 4.69) is 26.2 Å². The molecule has 0 aliphatic carbocycles. The molecule has 7 heteroatoms. The van der Waals surface area contributed by atoms with Gasteiger partial charge in [-0.1, -0.05) is 6.07 Å². The lowest BCUT2D eigenvalue weighted by Crippen LogP contribution is -2.12. The lowest BCUT2D eigenvalue weighted by atomic mass is 10.1. The highest BCUT2D eigenvalue weighted by Crippen LogP contribution is 2.32. The highest BCUT2D eigenvalue weighted by molar-refractivity contribution is 9.10. The van der Waals surface area contributed by atoms with Crippen LogP contribution in [0.15, 0.2) is 41.0 Å². The Balaban J connectivity index is 2.22. The zero-order chi connectivity index (χ0) is 15.4. The molecule has 0 fully saturated rings. The van der Waals surface area contributed by atoms with E-state index in [9.17, 15) is 10.1 Å². The number of hydrogen-bond acceptors (Lipinski definition) is 5. The van der Waals surface area contributed by atoms with Gasteiger partial charge in [0.1, 0.15) is 0 Å². The number of ether oxygens (including phenoxy) is 1. The molecule has 6 nitrogen and oxygen atoms in total. The fourth-order valence-corrected chi connectivity index (χ4v) is 2.00. The van der Waals surface area contributed by atoms with Gasteiger partial charge in [0.15, 0.2) is 5.75 Å². The van der Waals surface area contributed by atoms with Crippen LogP contribution in [-0.4, -0.2) is 17.0 Å². The summed E-state index contributed by atoms with van der Waals surface area (Å²) in [5.41, 5.74) is 0.997. The average molecular weight is 352 g/mol. The Morgan fingerprint density at radius 2 is 2.14 bits per heavy atom. The van der Waals surface area contributed by atoms with Crippen molar-refractivity contribution >= 4 is 21.6 Å². The zero-order valence-corrected chi connectivity index (χ0v) is 13.1. The summed E-state index contributed by atoms with van der Waals surface area (Å²) in [6, 6.07) is 8.16. The van der Waals surface area contributed by atoms with E-state index in [4.69, 9.17) is 4.74 Å². The van der Waals surface area contributed by atoms with Crippen LogP contribution in [0.4, 0.5) is 5.69 Å². The number of non-ortho nitro benzene ring substituents is 1. The molecule has 0 aliphatic rings. The van der Waals surface area contributed by atoms with Gasteiger partial charge in [-0.3, -0.25) is 10.1 Å². The predicted octanol–water partition coefficient (Wildman–Crippen LogP) is 3.83. The van der Waals surface area contributed by atoms with Crippen LogP contribution >= 0.6 is 15.9 Å². The molecule has 0 bridgehead atoms. The van der Waals surface area contributed by atoms with Crippen LogP contribution in [0, 0.1) is 10.1 Å². The predicted molar refractivity (Wildman–Crippen MR) is 82.6 cm³/mol. The Kier molecular flexibility index (Phi) is 4.87. The van der Waals surface area contributed by atoms with Crippen LogP contribution in [-0.2, 0) is 0 Å². The Morgan fingerprint density at radius 1 is 1.38 bits per heavy atom. The summed E-state index contributed by atoms with van der Waals surface area (Å²) in [5, 5.41) is 13.9. The lowest BCUT2D eigenvalue weighted by molar-refractivity contribution is -0.384. The van der Waals surface area contributed by atoms with Crippen molar-refractivity contribution in [1.29, 1.82) is 0 Å². The molecule has 1 N–H and O–H groups in total. The second kappa shape index (κ2) is 6.64. The van der Waals surface area contributed by atoms with Gasteiger partial charge < -0.3 is 10.1 Å². The van der Waals surface area contributed by atoms with Gasteiger partial charge >= 0.3 is 0 Å². The molecule has 0 saturated heterocycles. The third-order valence-electron chi connectivity index (χ3n) is 3.03. The smallest absolute Gasteiger partial charge is 0.273 e. The zero-order valence-electron chi connectivity index (χ0n) is 11.5. The van der Waals surface area contributed by atoms with E-state index in [1.165, 1.54) is 12.1 Å². The van der Waals surface area contributed by atoms with Gasteiger partial charge in [0.25, 0.3) is 5.69 Å². The molecule has 1 atom stereocenters. The number of hydrogen-bond donors (Lipinski definition) is 1. The number of halogens is 1. The SMILES string of the molecule is CNC(C)c1ccc(Oc2cc([N+](=O)[O-])ccc2Br)nc1. The number of nitro groups is 1. The van der Waals surface area contributed by atoms with E-state index >= 15 is 0 Å². The lowest BCUT2D eigenvalue weighted by Gasteiger charge is -2.11. The molecule has 1 aromatic carbocycles. The molecular formula is C14H14BrN3O3. The molecule has 0 spiro atoms. The molecule has 0 radical (unpaired) electrons. The largest absolute Gasteiger partial charge is 0.438 e. The van der Waals surface area contributed by atoms with Crippen molar-refractivity contribution in [2.24, 2.45) is 0 Å². The topological polar surface area (TPSA) is 77.3 Å². The first-order valence-electron chi connectivity index (χ1n) is 6.26. The van der Waals surface area contributed by atoms with Crippen LogP contribution in [0.1, 0.15) is 18.5 Å². The van der Waals surface area contributed by atoms with Gasteiger partial charge in [0, 0.05) is 24.4 Å². The van der Waals surface area contributed by atoms with Crippen LogP contribution in [0.2, 0.25) is 0 Å². The third kappa shape index (κ3) is 3.77. The van der Waals surface area contributed by atoms with Gasteiger partial charge in [-0.05, 0) is 41.5 Å². The van der Waals surface area contributed by atoms with Crippen molar-refractivity contribution in [1.82, 2.24) is 10.3 Å². The van der Waals surface area contributed by atoms with Crippen molar-refractivity contribution < 1.29 is 9.66 Å². The average Bonchev–Trinajstić information content (AvgIpc) is 2.49. The Morgan fingerprint density at radius 3 is 2.71 bits per heavy atom.